The largest absolute Gasteiger partial charge is 0.396 e. The van der Waals surface area contributed by atoms with Crippen molar-refractivity contribution in [3.05, 3.63) is 22.8 Å². The van der Waals surface area contributed by atoms with Crippen LogP contribution in [0.4, 0.5) is 5.82 Å². The first-order valence-corrected chi connectivity index (χ1v) is 5.57. The van der Waals surface area contributed by atoms with Crippen molar-refractivity contribution < 1.29 is 5.11 Å². The summed E-state index contributed by atoms with van der Waals surface area (Å²) in [5.74, 6) is 1.22. The molecular formula is C11H15ClN2O. The first-order chi connectivity index (χ1) is 7.22. The molecule has 0 spiro atoms. The SMILES string of the molecule is Cc1ccnc(N2CCC(CO)C2)c1Cl. The molecule has 2 heterocycles. The molecule has 0 saturated carbocycles. The molecule has 1 fully saturated rings. The fourth-order valence-corrected chi connectivity index (χ4v) is 2.15. The minimum Gasteiger partial charge on any atom is -0.396 e. The molecular weight excluding hydrogens is 212 g/mol. The third-order valence-electron chi connectivity index (χ3n) is 2.91. The highest BCUT2D eigenvalue weighted by molar-refractivity contribution is 6.33. The van der Waals surface area contributed by atoms with Crippen LogP contribution in [0.2, 0.25) is 5.02 Å². The standard InChI is InChI=1S/C11H15ClN2O/c1-8-2-4-13-11(10(8)12)14-5-3-9(6-14)7-15/h2,4,9,15H,3,5-7H2,1H3. The van der Waals surface area contributed by atoms with Gasteiger partial charge in [-0.1, -0.05) is 11.6 Å². The normalized spacial score (nSPS) is 21.0. The predicted molar refractivity (Wildman–Crippen MR) is 61.4 cm³/mol. The Morgan fingerprint density at radius 3 is 3.13 bits per heavy atom. The maximum absolute atomic E-state index is 9.07. The van der Waals surface area contributed by atoms with Crippen LogP contribution in [0.5, 0.6) is 0 Å². The molecule has 1 saturated heterocycles. The van der Waals surface area contributed by atoms with Gasteiger partial charge in [-0.3, -0.25) is 0 Å². The second kappa shape index (κ2) is 4.37. The second-order valence-corrected chi connectivity index (χ2v) is 4.43. The van der Waals surface area contributed by atoms with Crippen LogP contribution in [0, 0.1) is 12.8 Å². The lowest BCUT2D eigenvalue weighted by atomic mass is 10.1. The van der Waals surface area contributed by atoms with Crippen molar-refractivity contribution >= 4 is 17.4 Å². The molecule has 1 unspecified atom stereocenters. The molecule has 0 aliphatic carbocycles. The minimum absolute atomic E-state index is 0.250. The van der Waals surface area contributed by atoms with Crippen molar-refractivity contribution in [2.75, 3.05) is 24.6 Å². The van der Waals surface area contributed by atoms with E-state index in [-0.39, 0.29) is 6.61 Å². The van der Waals surface area contributed by atoms with Crippen LogP contribution < -0.4 is 4.90 Å². The topological polar surface area (TPSA) is 36.4 Å². The van der Waals surface area contributed by atoms with Crippen molar-refractivity contribution in [1.82, 2.24) is 4.98 Å². The fourth-order valence-electron chi connectivity index (χ4n) is 1.92. The highest BCUT2D eigenvalue weighted by atomic mass is 35.5. The quantitative estimate of drug-likeness (QED) is 0.837. The van der Waals surface area contributed by atoms with Crippen LogP contribution in [-0.2, 0) is 0 Å². The van der Waals surface area contributed by atoms with E-state index >= 15 is 0 Å². The summed E-state index contributed by atoms with van der Waals surface area (Å²) >= 11 is 6.20. The van der Waals surface area contributed by atoms with Gasteiger partial charge in [0, 0.05) is 31.8 Å². The van der Waals surface area contributed by atoms with E-state index in [1.165, 1.54) is 0 Å². The van der Waals surface area contributed by atoms with Gasteiger partial charge in [-0.2, -0.15) is 0 Å². The van der Waals surface area contributed by atoms with Crippen molar-refractivity contribution in [3.63, 3.8) is 0 Å². The summed E-state index contributed by atoms with van der Waals surface area (Å²) < 4.78 is 0. The summed E-state index contributed by atoms with van der Waals surface area (Å²) in [6.45, 7) is 4.01. The summed E-state index contributed by atoms with van der Waals surface area (Å²) in [5.41, 5.74) is 1.05. The van der Waals surface area contributed by atoms with Gasteiger partial charge in [0.25, 0.3) is 0 Å². The van der Waals surface area contributed by atoms with E-state index in [9.17, 15) is 0 Å². The van der Waals surface area contributed by atoms with Crippen molar-refractivity contribution in [1.29, 1.82) is 0 Å². The number of aliphatic hydroxyl groups is 1. The van der Waals surface area contributed by atoms with Crippen LogP contribution in [0.25, 0.3) is 0 Å². The number of halogens is 1. The molecule has 0 amide bonds. The van der Waals surface area contributed by atoms with E-state index in [4.69, 9.17) is 16.7 Å². The molecule has 0 radical (unpaired) electrons. The Morgan fingerprint density at radius 2 is 2.47 bits per heavy atom. The van der Waals surface area contributed by atoms with Gasteiger partial charge in [0.1, 0.15) is 5.82 Å². The monoisotopic (exact) mass is 226 g/mol. The van der Waals surface area contributed by atoms with Gasteiger partial charge in [0.2, 0.25) is 0 Å². The first-order valence-electron chi connectivity index (χ1n) is 5.19. The number of aromatic nitrogens is 1. The molecule has 82 valence electrons. The molecule has 1 aromatic heterocycles. The summed E-state index contributed by atoms with van der Waals surface area (Å²) in [6.07, 6.45) is 2.80. The zero-order valence-electron chi connectivity index (χ0n) is 8.78. The number of hydrogen-bond acceptors (Lipinski definition) is 3. The van der Waals surface area contributed by atoms with Gasteiger partial charge in [0.05, 0.1) is 5.02 Å². The van der Waals surface area contributed by atoms with Crippen molar-refractivity contribution in [3.8, 4) is 0 Å². The van der Waals surface area contributed by atoms with Gasteiger partial charge in [-0.05, 0) is 25.0 Å². The van der Waals surface area contributed by atoms with Crippen LogP contribution >= 0.6 is 11.6 Å². The molecule has 0 bridgehead atoms. The average Bonchev–Trinajstić information content (AvgIpc) is 2.70. The van der Waals surface area contributed by atoms with Gasteiger partial charge in [0.15, 0.2) is 0 Å². The molecule has 1 aliphatic heterocycles. The highest BCUT2D eigenvalue weighted by Gasteiger charge is 2.24. The lowest BCUT2D eigenvalue weighted by Gasteiger charge is -2.19. The van der Waals surface area contributed by atoms with E-state index in [1.54, 1.807) is 6.20 Å². The number of aliphatic hydroxyl groups excluding tert-OH is 1. The van der Waals surface area contributed by atoms with Crippen LogP contribution in [0.15, 0.2) is 12.3 Å². The zero-order chi connectivity index (χ0) is 10.8. The molecule has 4 heteroatoms. The second-order valence-electron chi connectivity index (χ2n) is 4.05. The van der Waals surface area contributed by atoms with Gasteiger partial charge < -0.3 is 10.0 Å². The molecule has 3 nitrogen and oxygen atoms in total. The molecule has 0 aromatic carbocycles. The Hall–Kier alpha value is -0.800. The van der Waals surface area contributed by atoms with E-state index < -0.39 is 0 Å². The number of aryl methyl sites for hydroxylation is 1. The summed E-state index contributed by atoms with van der Waals surface area (Å²) in [6, 6.07) is 1.91. The number of pyridine rings is 1. The Kier molecular flexibility index (Phi) is 3.12. The number of nitrogens with zero attached hydrogens (tertiary/aromatic N) is 2. The van der Waals surface area contributed by atoms with Gasteiger partial charge in [-0.15, -0.1) is 0 Å². The molecule has 1 atom stereocenters. The molecule has 2 rings (SSSR count). The molecule has 1 aliphatic rings. The number of hydrogen-bond donors (Lipinski definition) is 1. The summed E-state index contributed by atoms with van der Waals surface area (Å²) in [5, 5.41) is 9.81. The summed E-state index contributed by atoms with van der Waals surface area (Å²) in [7, 11) is 0. The van der Waals surface area contributed by atoms with E-state index in [0.717, 1.165) is 35.9 Å². The summed E-state index contributed by atoms with van der Waals surface area (Å²) in [4.78, 5) is 6.45. The minimum atomic E-state index is 0.250. The Labute approximate surface area is 94.7 Å². The number of anilines is 1. The van der Waals surface area contributed by atoms with E-state index in [1.807, 2.05) is 13.0 Å². The third-order valence-corrected chi connectivity index (χ3v) is 3.37. The third kappa shape index (κ3) is 2.08. The first kappa shape index (κ1) is 10.7. The molecule has 15 heavy (non-hydrogen) atoms. The van der Waals surface area contributed by atoms with Crippen LogP contribution in [-0.4, -0.2) is 29.8 Å². The van der Waals surface area contributed by atoms with Crippen molar-refractivity contribution in [2.45, 2.75) is 13.3 Å². The van der Waals surface area contributed by atoms with Crippen LogP contribution in [0.3, 0.4) is 0 Å². The lowest BCUT2D eigenvalue weighted by Crippen LogP contribution is -2.22. The Balaban J connectivity index is 2.20. The average molecular weight is 227 g/mol. The lowest BCUT2D eigenvalue weighted by molar-refractivity contribution is 0.238. The zero-order valence-corrected chi connectivity index (χ0v) is 9.54. The van der Waals surface area contributed by atoms with Gasteiger partial charge >= 0.3 is 0 Å². The highest BCUT2D eigenvalue weighted by Crippen LogP contribution is 2.30. The Morgan fingerprint density at radius 1 is 1.67 bits per heavy atom. The van der Waals surface area contributed by atoms with Crippen LogP contribution in [0.1, 0.15) is 12.0 Å². The fraction of sp³-hybridized carbons (Fsp3) is 0.545. The maximum atomic E-state index is 9.07. The number of rotatable bonds is 2. The Bertz CT molecular complexity index is 356. The molecule has 1 aromatic rings. The van der Waals surface area contributed by atoms with Crippen molar-refractivity contribution in [2.24, 2.45) is 5.92 Å². The van der Waals surface area contributed by atoms with Gasteiger partial charge in [-0.25, -0.2) is 4.98 Å². The predicted octanol–water partition coefficient (Wildman–Crippen LogP) is 1.86. The van der Waals surface area contributed by atoms with E-state index in [2.05, 4.69) is 9.88 Å². The maximum Gasteiger partial charge on any atom is 0.147 e. The smallest absolute Gasteiger partial charge is 0.147 e. The molecule has 1 N–H and O–H groups in total. The van der Waals surface area contributed by atoms with E-state index in [0.29, 0.717) is 5.92 Å².